The molecule has 0 radical (unpaired) electrons. The first kappa shape index (κ1) is 18.5. The van der Waals surface area contributed by atoms with E-state index < -0.39 is 0 Å². The third-order valence-electron chi connectivity index (χ3n) is 4.32. The Labute approximate surface area is 159 Å². The van der Waals surface area contributed by atoms with Gasteiger partial charge in [0.2, 0.25) is 5.88 Å². The van der Waals surface area contributed by atoms with Gasteiger partial charge in [0.05, 0.1) is 0 Å². The van der Waals surface area contributed by atoms with E-state index in [0.717, 1.165) is 34.3 Å². The van der Waals surface area contributed by atoms with Gasteiger partial charge in [-0.25, -0.2) is 4.98 Å². The van der Waals surface area contributed by atoms with E-state index in [2.05, 4.69) is 68.0 Å². The highest BCUT2D eigenvalue weighted by molar-refractivity contribution is 7.98. The first-order valence-corrected chi connectivity index (χ1v) is 9.84. The van der Waals surface area contributed by atoms with E-state index in [1.807, 2.05) is 18.2 Å². The summed E-state index contributed by atoms with van der Waals surface area (Å²) in [6.45, 7) is 8.36. The average molecular weight is 365 g/mol. The lowest BCUT2D eigenvalue weighted by atomic mass is 10.1. The Bertz CT molecular complexity index is 908. The Morgan fingerprint density at radius 2 is 1.77 bits per heavy atom. The number of hydrogen-bond acceptors (Lipinski definition) is 4. The molecule has 0 aliphatic carbocycles. The molecule has 3 rings (SSSR count). The Kier molecular flexibility index (Phi) is 5.94. The first-order chi connectivity index (χ1) is 12.5. The van der Waals surface area contributed by atoms with Crippen molar-refractivity contribution in [1.29, 1.82) is 0 Å². The maximum Gasteiger partial charge on any atom is 0.223 e. The van der Waals surface area contributed by atoms with Crippen LogP contribution >= 0.6 is 11.8 Å². The number of aromatic nitrogens is 2. The van der Waals surface area contributed by atoms with E-state index >= 15 is 0 Å². The average Bonchev–Trinajstić information content (AvgIpc) is 2.64. The lowest BCUT2D eigenvalue weighted by Crippen LogP contribution is -1.98. The van der Waals surface area contributed by atoms with Gasteiger partial charge >= 0.3 is 0 Å². The fourth-order valence-corrected chi connectivity index (χ4v) is 3.46. The zero-order valence-electron chi connectivity index (χ0n) is 15.7. The minimum absolute atomic E-state index is 0.609. The molecule has 1 aromatic heterocycles. The van der Waals surface area contributed by atoms with Crippen LogP contribution in [0.3, 0.4) is 0 Å². The Hall–Kier alpha value is -2.33. The molecular weight excluding hydrogens is 340 g/mol. The molecule has 3 aromatic rings. The molecule has 134 valence electrons. The molecule has 0 unspecified atom stereocenters. The van der Waals surface area contributed by atoms with Crippen LogP contribution in [0.4, 0.5) is 0 Å². The predicted octanol–water partition coefficient (Wildman–Crippen LogP) is 6.05. The number of ether oxygens (including phenoxy) is 1. The van der Waals surface area contributed by atoms with Gasteiger partial charge in [0, 0.05) is 17.5 Å². The topological polar surface area (TPSA) is 35.0 Å². The summed E-state index contributed by atoms with van der Waals surface area (Å²) in [5.74, 6) is 2.30. The molecule has 0 atom stereocenters. The van der Waals surface area contributed by atoms with Crippen LogP contribution in [0.5, 0.6) is 11.6 Å². The Balaban J connectivity index is 1.81. The van der Waals surface area contributed by atoms with Crippen molar-refractivity contribution >= 4 is 11.8 Å². The smallest absolute Gasteiger partial charge is 0.223 e. The molecule has 0 saturated carbocycles. The van der Waals surface area contributed by atoms with Crippen molar-refractivity contribution in [3.8, 4) is 11.6 Å². The van der Waals surface area contributed by atoms with Crippen molar-refractivity contribution in [2.75, 3.05) is 0 Å². The molecule has 0 fully saturated rings. The quantitative estimate of drug-likeness (QED) is 0.394. The molecule has 3 nitrogen and oxygen atoms in total. The highest BCUT2D eigenvalue weighted by Gasteiger charge is 2.09. The summed E-state index contributed by atoms with van der Waals surface area (Å²) in [6, 6.07) is 16.5. The Morgan fingerprint density at radius 1 is 0.962 bits per heavy atom. The van der Waals surface area contributed by atoms with Crippen molar-refractivity contribution in [2.45, 2.75) is 45.0 Å². The van der Waals surface area contributed by atoms with Gasteiger partial charge in [-0.1, -0.05) is 60.6 Å². The molecule has 26 heavy (non-hydrogen) atoms. The zero-order valence-corrected chi connectivity index (χ0v) is 16.6. The minimum Gasteiger partial charge on any atom is -0.439 e. The summed E-state index contributed by atoms with van der Waals surface area (Å²) in [6.07, 6.45) is 0.851. The van der Waals surface area contributed by atoms with Gasteiger partial charge in [0.25, 0.3) is 0 Å². The van der Waals surface area contributed by atoms with Gasteiger partial charge in [-0.2, -0.15) is 4.98 Å². The van der Waals surface area contributed by atoms with Crippen LogP contribution in [0.15, 0.2) is 53.7 Å². The highest BCUT2D eigenvalue weighted by Crippen LogP contribution is 2.28. The summed E-state index contributed by atoms with van der Waals surface area (Å²) < 4.78 is 6.08. The summed E-state index contributed by atoms with van der Waals surface area (Å²) in [5, 5.41) is 0.756. The molecular formula is C22H24N2OS. The van der Waals surface area contributed by atoms with Crippen molar-refractivity contribution < 1.29 is 4.74 Å². The first-order valence-electron chi connectivity index (χ1n) is 8.85. The van der Waals surface area contributed by atoms with Crippen LogP contribution in [0.1, 0.15) is 34.9 Å². The second-order valence-electron chi connectivity index (χ2n) is 6.41. The summed E-state index contributed by atoms with van der Waals surface area (Å²) in [5.41, 5.74) is 5.88. The highest BCUT2D eigenvalue weighted by atomic mass is 32.2. The summed E-state index contributed by atoms with van der Waals surface area (Å²) in [4.78, 5) is 9.26. The number of rotatable bonds is 6. The van der Waals surface area contributed by atoms with Crippen molar-refractivity contribution in [3.63, 3.8) is 0 Å². The van der Waals surface area contributed by atoms with Gasteiger partial charge in [0.1, 0.15) is 5.75 Å². The van der Waals surface area contributed by atoms with Crippen LogP contribution < -0.4 is 4.74 Å². The monoisotopic (exact) mass is 364 g/mol. The zero-order chi connectivity index (χ0) is 18.5. The SMILES string of the molecule is CCc1cc(Oc2cccc(C)c2C)nc(SCc2cccc(C)c2)n1. The van der Waals surface area contributed by atoms with Crippen LogP contribution in [-0.2, 0) is 12.2 Å². The molecule has 0 spiro atoms. The maximum atomic E-state index is 6.08. The number of nitrogens with zero attached hydrogens (tertiary/aromatic N) is 2. The molecule has 0 aliphatic rings. The fourth-order valence-electron chi connectivity index (χ4n) is 2.64. The molecule has 4 heteroatoms. The largest absolute Gasteiger partial charge is 0.439 e. The van der Waals surface area contributed by atoms with Crippen molar-refractivity contribution in [3.05, 3.63) is 76.5 Å². The van der Waals surface area contributed by atoms with Gasteiger partial charge in [0.15, 0.2) is 5.16 Å². The standard InChI is InChI=1S/C22H24N2OS/c1-5-19-13-21(25-20-11-7-9-16(3)17(20)4)24-22(23-19)26-14-18-10-6-8-15(2)12-18/h6-13H,5,14H2,1-4H3. The van der Waals surface area contributed by atoms with Gasteiger partial charge in [-0.15, -0.1) is 0 Å². The summed E-state index contributed by atoms with van der Waals surface area (Å²) in [7, 11) is 0. The number of benzene rings is 2. The van der Waals surface area contributed by atoms with Gasteiger partial charge in [-0.3, -0.25) is 0 Å². The van der Waals surface area contributed by atoms with E-state index in [4.69, 9.17) is 4.74 Å². The van der Waals surface area contributed by atoms with Crippen LogP contribution in [-0.4, -0.2) is 9.97 Å². The minimum atomic E-state index is 0.609. The molecule has 0 N–H and O–H groups in total. The molecule has 0 bridgehead atoms. The number of hydrogen-bond donors (Lipinski definition) is 0. The third kappa shape index (κ3) is 4.64. The second-order valence-corrected chi connectivity index (χ2v) is 7.35. The maximum absolute atomic E-state index is 6.08. The van der Waals surface area contributed by atoms with Crippen LogP contribution in [0.25, 0.3) is 0 Å². The predicted molar refractivity (Wildman–Crippen MR) is 108 cm³/mol. The normalized spacial score (nSPS) is 10.8. The second kappa shape index (κ2) is 8.37. The molecule has 0 saturated heterocycles. The van der Waals surface area contributed by atoms with E-state index in [-0.39, 0.29) is 0 Å². The number of aryl methyl sites for hydroxylation is 3. The lowest BCUT2D eigenvalue weighted by Gasteiger charge is -2.11. The molecule has 0 amide bonds. The lowest BCUT2D eigenvalue weighted by molar-refractivity contribution is 0.450. The van der Waals surface area contributed by atoms with Crippen LogP contribution in [0.2, 0.25) is 0 Å². The number of thioether (sulfide) groups is 1. The van der Waals surface area contributed by atoms with Crippen molar-refractivity contribution in [2.24, 2.45) is 0 Å². The molecule has 1 heterocycles. The van der Waals surface area contributed by atoms with E-state index in [1.54, 1.807) is 11.8 Å². The van der Waals surface area contributed by atoms with Gasteiger partial charge in [-0.05, 0) is 49.9 Å². The molecule has 0 aliphatic heterocycles. The fraction of sp³-hybridized carbons (Fsp3) is 0.273. The van der Waals surface area contributed by atoms with Crippen molar-refractivity contribution in [1.82, 2.24) is 9.97 Å². The van der Waals surface area contributed by atoms with E-state index in [1.165, 1.54) is 16.7 Å². The van der Waals surface area contributed by atoms with Gasteiger partial charge < -0.3 is 4.74 Å². The third-order valence-corrected chi connectivity index (χ3v) is 5.24. The van der Waals surface area contributed by atoms with E-state index in [0.29, 0.717) is 5.88 Å². The van der Waals surface area contributed by atoms with Crippen LogP contribution in [0, 0.1) is 20.8 Å². The summed E-state index contributed by atoms with van der Waals surface area (Å²) >= 11 is 1.64. The molecule has 2 aromatic carbocycles. The Morgan fingerprint density at radius 3 is 2.54 bits per heavy atom. The van der Waals surface area contributed by atoms with E-state index in [9.17, 15) is 0 Å².